The summed E-state index contributed by atoms with van der Waals surface area (Å²) in [7, 11) is 1.19. The van der Waals surface area contributed by atoms with E-state index in [0.717, 1.165) is 6.42 Å². The predicted molar refractivity (Wildman–Crippen MR) is 113 cm³/mol. The van der Waals surface area contributed by atoms with Gasteiger partial charge >= 0.3 is 24.1 Å². The van der Waals surface area contributed by atoms with Crippen molar-refractivity contribution in [1.29, 1.82) is 0 Å². The van der Waals surface area contributed by atoms with Gasteiger partial charge in [0.1, 0.15) is 11.6 Å². The van der Waals surface area contributed by atoms with Gasteiger partial charge in [0.25, 0.3) is 0 Å². The Hall–Kier alpha value is -3.14. The first-order valence-electron chi connectivity index (χ1n) is 10.2. The summed E-state index contributed by atoms with van der Waals surface area (Å²) in [5, 5.41) is 0. The molecule has 0 unspecified atom stereocenters. The lowest BCUT2D eigenvalue weighted by molar-refractivity contribution is -0.148. The SMILES string of the molecule is CCC[C@H](C)OC(=O)OCC[C@@](N)(Cc1ccc(OC(C)=O)c(OC(C)=O)c1)C(=O)OC. The number of carbonyl (C=O) groups is 4. The molecule has 0 fully saturated rings. The molecule has 1 rings (SSSR count). The van der Waals surface area contributed by atoms with Crippen LogP contribution < -0.4 is 15.2 Å². The summed E-state index contributed by atoms with van der Waals surface area (Å²) >= 11 is 0. The topological polar surface area (TPSA) is 140 Å². The standard InChI is InChI=1S/C22H31NO9/c1-6-7-14(2)30-21(27)29-11-10-22(23,20(26)28-5)13-17-8-9-18(31-15(3)24)19(12-17)32-16(4)25/h8-9,12,14H,6-7,10-11,13,23H2,1-5H3/t14-,22+/m0/s1. The van der Waals surface area contributed by atoms with E-state index in [2.05, 4.69) is 0 Å². The third kappa shape index (κ3) is 8.93. The quantitative estimate of drug-likeness (QED) is 0.393. The van der Waals surface area contributed by atoms with Gasteiger partial charge in [-0.15, -0.1) is 0 Å². The number of methoxy groups -OCH3 is 1. The Bertz CT molecular complexity index is 824. The molecule has 0 aliphatic rings. The molecule has 0 heterocycles. The van der Waals surface area contributed by atoms with Crippen molar-refractivity contribution in [2.75, 3.05) is 13.7 Å². The molecule has 10 nitrogen and oxygen atoms in total. The molecule has 0 aromatic heterocycles. The Morgan fingerprint density at radius 3 is 2.25 bits per heavy atom. The number of nitrogens with two attached hydrogens (primary N) is 1. The van der Waals surface area contributed by atoms with Crippen LogP contribution in [-0.4, -0.2) is 49.4 Å². The second-order valence-corrected chi connectivity index (χ2v) is 7.36. The number of ether oxygens (including phenoxy) is 5. The van der Waals surface area contributed by atoms with Crippen LogP contribution >= 0.6 is 0 Å². The number of hydrogen-bond donors (Lipinski definition) is 1. The van der Waals surface area contributed by atoms with Crippen molar-refractivity contribution in [2.45, 2.75) is 65.0 Å². The number of rotatable bonds is 11. The highest BCUT2D eigenvalue weighted by molar-refractivity contribution is 5.81. The van der Waals surface area contributed by atoms with Crippen LogP contribution in [-0.2, 0) is 35.0 Å². The van der Waals surface area contributed by atoms with Crippen LogP contribution in [0.1, 0.15) is 52.5 Å². The van der Waals surface area contributed by atoms with E-state index in [9.17, 15) is 19.2 Å². The van der Waals surface area contributed by atoms with E-state index in [1.165, 1.54) is 33.1 Å². The fourth-order valence-corrected chi connectivity index (χ4v) is 2.95. The molecule has 0 amide bonds. The average Bonchev–Trinajstić information content (AvgIpc) is 2.68. The van der Waals surface area contributed by atoms with Crippen molar-refractivity contribution in [3.63, 3.8) is 0 Å². The molecule has 1 aromatic carbocycles. The maximum Gasteiger partial charge on any atom is 0.508 e. The largest absolute Gasteiger partial charge is 0.508 e. The highest BCUT2D eigenvalue weighted by Gasteiger charge is 2.36. The molecule has 2 atom stereocenters. The van der Waals surface area contributed by atoms with Gasteiger partial charge in [0, 0.05) is 26.7 Å². The Morgan fingerprint density at radius 2 is 1.69 bits per heavy atom. The highest BCUT2D eigenvalue weighted by atomic mass is 16.7. The number of hydrogen-bond acceptors (Lipinski definition) is 10. The summed E-state index contributed by atoms with van der Waals surface area (Å²) in [6.45, 7) is 5.96. The van der Waals surface area contributed by atoms with Gasteiger partial charge in [-0.3, -0.25) is 14.4 Å². The number of esters is 3. The van der Waals surface area contributed by atoms with Crippen LogP contribution in [0, 0.1) is 0 Å². The van der Waals surface area contributed by atoms with Gasteiger partial charge < -0.3 is 29.4 Å². The average molecular weight is 453 g/mol. The van der Waals surface area contributed by atoms with Gasteiger partial charge in [-0.25, -0.2) is 4.79 Å². The van der Waals surface area contributed by atoms with Crippen molar-refractivity contribution in [3.8, 4) is 11.5 Å². The summed E-state index contributed by atoms with van der Waals surface area (Å²) in [6, 6.07) is 4.43. The number of carbonyl (C=O) groups excluding carboxylic acids is 4. The maximum absolute atomic E-state index is 12.4. The minimum absolute atomic E-state index is 0.00200. The van der Waals surface area contributed by atoms with Gasteiger partial charge in [0.15, 0.2) is 11.5 Å². The minimum Gasteiger partial charge on any atom is -0.468 e. The van der Waals surface area contributed by atoms with Gasteiger partial charge in [-0.2, -0.15) is 0 Å². The van der Waals surface area contributed by atoms with Crippen molar-refractivity contribution in [3.05, 3.63) is 23.8 Å². The first kappa shape index (κ1) is 26.9. The summed E-state index contributed by atoms with van der Waals surface area (Å²) < 4.78 is 25.1. The molecule has 0 radical (unpaired) electrons. The zero-order chi connectivity index (χ0) is 24.3. The van der Waals surface area contributed by atoms with Crippen LogP contribution in [0.5, 0.6) is 11.5 Å². The van der Waals surface area contributed by atoms with Gasteiger partial charge in [-0.05, 0) is 31.0 Å². The van der Waals surface area contributed by atoms with Crippen molar-refractivity contribution in [1.82, 2.24) is 0 Å². The lowest BCUT2D eigenvalue weighted by Gasteiger charge is -2.26. The van der Waals surface area contributed by atoms with Crippen molar-refractivity contribution >= 4 is 24.1 Å². The van der Waals surface area contributed by atoms with E-state index in [0.29, 0.717) is 12.0 Å². The molecule has 0 saturated heterocycles. The Balaban J connectivity index is 2.95. The maximum atomic E-state index is 12.4. The molecule has 0 bridgehead atoms. The molecule has 0 saturated carbocycles. The molecule has 0 aliphatic heterocycles. The molecule has 1 aromatic rings. The van der Waals surface area contributed by atoms with Gasteiger partial charge in [0.2, 0.25) is 0 Å². The first-order chi connectivity index (χ1) is 15.0. The summed E-state index contributed by atoms with van der Waals surface area (Å²) in [6.07, 6.45) is 0.345. The van der Waals surface area contributed by atoms with Gasteiger partial charge in [-0.1, -0.05) is 19.4 Å². The van der Waals surface area contributed by atoms with Gasteiger partial charge in [0.05, 0.1) is 13.7 Å². The molecule has 2 N–H and O–H groups in total. The van der Waals surface area contributed by atoms with Crippen molar-refractivity contribution in [2.24, 2.45) is 5.73 Å². The van der Waals surface area contributed by atoms with Crippen molar-refractivity contribution < 1.29 is 42.9 Å². The summed E-state index contributed by atoms with van der Waals surface area (Å²) in [5.41, 5.74) is 5.25. The zero-order valence-corrected chi connectivity index (χ0v) is 19.1. The van der Waals surface area contributed by atoms with Crippen LogP contribution in [0.25, 0.3) is 0 Å². The van der Waals surface area contributed by atoms with Crippen LogP contribution in [0.4, 0.5) is 4.79 Å². The molecule has 10 heteroatoms. The second-order valence-electron chi connectivity index (χ2n) is 7.36. The Kier molecular flexibility index (Phi) is 10.6. The highest BCUT2D eigenvalue weighted by Crippen LogP contribution is 2.30. The smallest absolute Gasteiger partial charge is 0.468 e. The summed E-state index contributed by atoms with van der Waals surface area (Å²) in [5.74, 6) is -1.88. The zero-order valence-electron chi connectivity index (χ0n) is 19.1. The van der Waals surface area contributed by atoms with E-state index in [-0.39, 0.29) is 37.1 Å². The lowest BCUT2D eigenvalue weighted by Crippen LogP contribution is -2.51. The Labute approximate surface area is 187 Å². The molecular weight excluding hydrogens is 422 g/mol. The fourth-order valence-electron chi connectivity index (χ4n) is 2.95. The molecule has 32 heavy (non-hydrogen) atoms. The van der Waals surface area contributed by atoms with Crippen LogP contribution in [0.3, 0.4) is 0 Å². The normalized spacial score (nSPS) is 13.3. The molecular formula is C22H31NO9. The first-order valence-corrected chi connectivity index (χ1v) is 10.2. The van der Waals surface area contributed by atoms with E-state index >= 15 is 0 Å². The van der Waals surface area contributed by atoms with E-state index in [1.54, 1.807) is 13.0 Å². The Morgan fingerprint density at radius 1 is 1.06 bits per heavy atom. The molecule has 0 spiro atoms. The monoisotopic (exact) mass is 453 g/mol. The van der Waals surface area contributed by atoms with E-state index < -0.39 is 29.6 Å². The third-order valence-electron chi connectivity index (χ3n) is 4.39. The fraction of sp³-hybridized carbons (Fsp3) is 0.545. The second kappa shape index (κ2) is 12.7. The molecule has 178 valence electrons. The minimum atomic E-state index is -1.54. The third-order valence-corrected chi connectivity index (χ3v) is 4.39. The predicted octanol–water partition coefficient (Wildman–Crippen LogP) is 2.68. The van der Waals surface area contributed by atoms with E-state index in [4.69, 9.17) is 29.4 Å². The summed E-state index contributed by atoms with van der Waals surface area (Å²) in [4.78, 5) is 46.8. The van der Waals surface area contributed by atoms with Crippen LogP contribution in [0.2, 0.25) is 0 Å². The van der Waals surface area contributed by atoms with E-state index in [1.807, 2.05) is 6.92 Å². The number of benzene rings is 1. The lowest BCUT2D eigenvalue weighted by atomic mass is 9.88. The van der Waals surface area contributed by atoms with Crippen LogP contribution in [0.15, 0.2) is 18.2 Å². The molecule has 0 aliphatic carbocycles.